The molecule has 0 spiro atoms. The van der Waals surface area contributed by atoms with Gasteiger partial charge in [0.05, 0.1) is 6.61 Å². The molecule has 0 aliphatic rings. The molecule has 3 heteroatoms. The molecule has 0 radical (unpaired) electrons. The SMILES string of the molecule is O=CCO.[H-].[K+]. The van der Waals surface area contributed by atoms with E-state index >= 15 is 0 Å². The normalized spacial score (nSPS) is 5.00. The second-order valence-corrected chi connectivity index (χ2v) is 0.349. The second-order valence-electron chi connectivity index (χ2n) is 0.349. The third-order valence-electron chi connectivity index (χ3n) is 0.0745. The monoisotopic (exact) mass is 100.0 g/mol. The predicted molar refractivity (Wildman–Crippen MR) is 14.3 cm³/mol. The quantitative estimate of drug-likeness (QED) is 0.272. The molecule has 0 aromatic rings. The molecule has 5 heavy (non-hydrogen) atoms. The Morgan fingerprint density at radius 1 is 2.00 bits per heavy atom. The average molecular weight is 100 g/mol. The standard InChI is InChI=1S/C2H4O2.K.H/c3-1-2-4;;/h1,4H,2H2;;/q;+1;-1. The number of aldehydes is 1. The van der Waals surface area contributed by atoms with E-state index in [1.807, 2.05) is 0 Å². The fraction of sp³-hybridized carbons (Fsp3) is 0.500. The molecule has 0 aromatic carbocycles. The minimum absolute atomic E-state index is 0. The summed E-state index contributed by atoms with van der Waals surface area (Å²) in [6.45, 7) is -0.361. The van der Waals surface area contributed by atoms with Crippen LogP contribution in [-0.4, -0.2) is 18.0 Å². The summed E-state index contributed by atoms with van der Waals surface area (Å²) in [5.41, 5.74) is 0. The maximum Gasteiger partial charge on any atom is 1.00 e. The van der Waals surface area contributed by atoms with Crippen LogP contribution in [0.4, 0.5) is 0 Å². The molecule has 0 unspecified atom stereocenters. The molecule has 2 nitrogen and oxygen atoms in total. The third kappa shape index (κ3) is 10.9. The second kappa shape index (κ2) is 8.98. The fourth-order valence-corrected chi connectivity index (χ4v) is 0. The third-order valence-corrected chi connectivity index (χ3v) is 0.0745. The number of aliphatic hydroxyl groups is 1. The first kappa shape index (κ1) is 9.55. The van der Waals surface area contributed by atoms with Crippen molar-refractivity contribution in [2.45, 2.75) is 0 Å². The van der Waals surface area contributed by atoms with Gasteiger partial charge >= 0.3 is 51.4 Å². The van der Waals surface area contributed by atoms with Crippen molar-refractivity contribution in [2.75, 3.05) is 6.61 Å². The smallest absolute Gasteiger partial charge is 1.00 e. The van der Waals surface area contributed by atoms with E-state index in [0.717, 1.165) is 0 Å². The molecule has 0 saturated heterocycles. The molecule has 0 saturated carbocycles. The molecule has 0 aromatic heterocycles. The summed E-state index contributed by atoms with van der Waals surface area (Å²) in [6.07, 6.45) is 0.431. The molecule has 0 heterocycles. The number of rotatable bonds is 1. The zero-order valence-electron chi connectivity index (χ0n) is 4.14. The van der Waals surface area contributed by atoms with Gasteiger partial charge in [0.15, 0.2) is 0 Å². The number of carbonyl (C=O) groups excluding carboxylic acids is 1. The van der Waals surface area contributed by atoms with E-state index in [1.165, 1.54) is 0 Å². The van der Waals surface area contributed by atoms with Gasteiger partial charge in [-0.05, 0) is 0 Å². The molecule has 0 rings (SSSR count). The zero-order valence-corrected chi connectivity index (χ0v) is 6.26. The van der Waals surface area contributed by atoms with Gasteiger partial charge in [0.1, 0.15) is 6.29 Å². The number of carbonyl (C=O) groups is 1. The van der Waals surface area contributed by atoms with E-state index in [1.54, 1.807) is 0 Å². The van der Waals surface area contributed by atoms with Crippen LogP contribution in [0.1, 0.15) is 1.43 Å². The van der Waals surface area contributed by atoms with Crippen LogP contribution >= 0.6 is 0 Å². The van der Waals surface area contributed by atoms with E-state index in [2.05, 4.69) is 0 Å². The largest absolute Gasteiger partial charge is 1.00 e. The Labute approximate surface area is 74.5 Å². The molecular formula is C2H5KO2. The van der Waals surface area contributed by atoms with Crippen LogP contribution < -0.4 is 51.4 Å². The first-order valence-corrected chi connectivity index (χ1v) is 0.960. The molecule has 1 N–H and O–H groups in total. The summed E-state index contributed by atoms with van der Waals surface area (Å²) in [7, 11) is 0. The molecule has 0 aliphatic heterocycles. The fourth-order valence-electron chi connectivity index (χ4n) is 0. The van der Waals surface area contributed by atoms with Gasteiger partial charge in [-0.15, -0.1) is 0 Å². The Morgan fingerprint density at radius 2 is 2.20 bits per heavy atom. The summed E-state index contributed by atoms with van der Waals surface area (Å²) < 4.78 is 0. The van der Waals surface area contributed by atoms with Crippen LogP contribution in [-0.2, 0) is 4.79 Å². The minimum atomic E-state index is -0.361. The van der Waals surface area contributed by atoms with Crippen molar-refractivity contribution < 1.29 is 62.7 Å². The minimum Gasteiger partial charge on any atom is -1.00 e. The van der Waals surface area contributed by atoms with Gasteiger partial charge in [0.25, 0.3) is 0 Å². The van der Waals surface area contributed by atoms with E-state index in [-0.39, 0.29) is 59.4 Å². The van der Waals surface area contributed by atoms with Crippen molar-refractivity contribution >= 4 is 6.29 Å². The molecule has 0 amide bonds. The topological polar surface area (TPSA) is 37.3 Å². The van der Waals surface area contributed by atoms with Crippen LogP contribution in [0.2, 0.25) is 0 Å². The van der Waals surface area contributed by atoms with Crippen LogP contribution in [0.25, 0.3) is 0 Å². The molecule has 0 fully saturated rings. The number of hydrogen-bond donors (Lipinski definition) is 1. The van der Waals surface area contributed by atoms with Crippen molar-refractivity contribution in [3.63, 3.8) is 0 Å². The summed E-state index contributed by atoms with van der Waals surface area (Å²) in [5.74, 6) is 0. The summed E-state index contributed by atoms with van der Waals surface area (Å²) in [4.78, 5) is 8.92. The molecule has 0 atom stereocenters. The van der Waals surface area contributed by atoms with Gasteiger partial charge in [0, 0.05) is 0 Å². The summed E-state index contributed by atoms with van der Waals surface area (Å²) in [6, 6.07) is 0. The molecular weight excluding hydrogens is 95.1 g/mol. The first-order chi connectivity index (χ1) is 1.91. The van der Waals surface area contributed by atoms with E-state index in [0.29, 0.717) is 6.29 Å². The van der Waals surface area contributed by atoms with Crippen molar-refractivity contribution in [3.05, 3.63) is 0 Å². The summed E-state index contributed by atoms with van der Waals surface area (Å²) >= 11 is 0. The summed E-state index contributed by atoms with van der Waals surface area (Å²) in [5, 5.41) is 7.51. The van der Waals surface area contributed by atoms with Crippen LogP contribution in [0.3, 0.4) is 0 Å². The number of aliphatic hydroxyl groups excluding tert-OH is 1. The molecule has 26 valence electrons. The average Bonchev–Trinajstić information content (AvgIpc) is 1.37. The number of hydrogen-bond acceptors (Lipinski definition) is 2. The van der Waals surface area contributed by atoms with Gasteiger partial charge in [-0.2, -0.15) is 0 Å². The van der Waals surface area contributed by atoms with Crippen molar-refractivity contribution in [1.82, 2.24) is 0 Å². The first-order valence-electron chi connectivity index (χ1n) is 0.960. The van der Waals surface area contributed by atoms with Crippen LogP contribution in [0, 0.1) is 0 Å². The Hall–Kier alpha value is 1.27. The van der Waals surface area contributed by atoms with Crippen molar-refractivity contribution in [1.29, 1.82) is 0 Å². The van der Waals surface area contributed by atoms with Crippen LogP contribution in [0.5, 0.6) is 0 Å². The molecule has 0 aliphatic carbocycles. The van der Waals surface area contributed by atoms with Gasteiger partial charge in [-0.1, -0.05) is 0 Å². The Balaban J connectivity index is -0.0000000450. The van der Waals surface area contributed by atoms with E-state index in [9.17, 15) is 0 Å². The van der Waals surface area contributed by atoms with Crippen molar-refractivity contribution in [2.24, 2.45) is 0 Å². The van der Waals surface area contributed by atoms with E-state index in [4.69, 9.17) is 9.90 Å². The predicted octanol–water partition coefficient (Wildman–Crippen LogP) is -3.71. The Bertz CT molecular complexity index is 25.5. The van der Waals surface area contributed by atoms with Gasteiger partial charge in [-0.25, -0.2) is 0 Å². The van der Waals surface area contributed by atoms with Crippen molar-refractivity contribution in [3.8, 4) is 0 Å². The van der Waals surface area contributed by atoms with Gasteiger partial charge in [0.2, 0.25) is 0 Å². The Kier molecular flexibility index (Phi) is 17.2. The Morgan fingerprint density at radius 3 is 2.20 bits per heavy atom. The van der Waals surface area contributed by atoms with Crippen LogP contribution in [0.15, 0.2) is 0 Å². The molecule has 0 bridgehead atoms. The van der Waals surface area contributed by atoms with Gasteiger partial charge in [-0.3, -0.25) is 0 Å². The zero-order chi connectivity index (χ0) is 3.41. The maximum atomic E-state index is 8.92. The van der Waals surface area contributed by atoms with E-state index < -0.39 is 0 Å². The maximum absolute atomic E-state index is 8.92. The van der Waals surface area contributed by atoms with Gasteiger partial charge < -0.3 is 11.3 Å².